The van der Waals surface area contributed by atoms with Gasteiger partial charge in [0.1, 0.15) is 5.69 Å². The molecule has 0 aliphatic heterocycles. The van der Waals surface area contributed by atoms with Gasteiger partial charge in [0, 0.05) is 11.9 Å². The van der Waals surface area contributed by atoms with Gasteiger partial charge in [-0.15, -0.1) is 5.10 Å². The van der Waals surface area contributed by atoms with Crippen molar-refractivity contribution in [3.8, 4) is 11.5 Å². The molecule has 2 aromatic heterocycles. The van der Waals surface area contributed by atoms with E-state index in [1.54, 1.807) is 18.0 Å². The van der Waals surface area contributed by atoms with Gasteiger partial charge in [-0.25, -0.2) is 0 Å². The van der Waals surface area contributed by atoms with Crippen LogP contribution in [0.2, 0.25) is 0 Å². The van der Waals surface area contributed by atoms with Crippen LogP contribution in [0, 0.1) is 6.92 Å². The first-order valence-electron chi connectivity index (χ1n) is 6.33. The highest BCUT2D eigenvalue weighted by Crippen LogP contribution is 2.21. The van der Waals surface area contributed by atoms with Crippen molar-refractivity contribution in [2.45, 2.75) is 17.8 Å². The maximum atomic E-state index is 4.45. The molecule has 0 bridgehead atoms. The first-order valence-corrected chi connectivity index (χ1v) is 7.32. The zero-order valence-electron chi connectivity index (χ0n) is 11.1. The molecule has 1 aromatic carbocycles. The van der Waals surface area contributed by atoms with E-state index in [0.717, 1.165) is 16.6 Å². The molecule has 0 aliphatic rings. The van der Waals surface area contributed by atoms with Crippen LogP contribution in [0.3, 0.4) is 0 Å². The topological polar surface area (TPSA) is 54.5 Å². The van der Waals surface area contributed by atoms with Crippen LogP contribution in [-0.2, 0) is 5.75 Å². The number of benzene rings is 1. The minimum atomic E-state index is 0.706. The summed E-state index contributed by atoms with van der Waals surface area (Å²) in [5.74, 6) is 1.57. The molecule has 0 amide bonds. The molecule has 0 atom stereocenters. The van der Waals surface area contributed by atoms with Crippen molar-refractivity contribution in [2.24, 2.45) is 0 Å². The highest BCUT2D eigenvalue weighted by Gasteiger charge is 2.07. The summed E-state index contributed by atoms with van der Waals surface area (Å²) in [4.78, 5) is 8.70. The zero-order valence-corrected chi connectivity index (χ0v) is 11.9. The number of H-pyrrole nitrogens is 1. The van der Waals surface area contributed by atoms with E-state index >= 15 is 0 Å². The molecule has 0 aliphatic carbocycles. The van der Waals surface area contributed by atoms with Crippen molar-refractivity contribution in [1.82, 2.24) is 20.2 Å². The lowest BCUT2D eigenvalue weighted by atomic mass is 10.2. The molecule has 20 heavy (non-hydrogen) atoms. The highest BCUT2D eigenvalue weighted by atomic mass is 32.2. The second kappa shape index (κ2) is 5.88. The van der Waals surface area contributed by atoms with E-state index < -0.39 is 0 Å². The third-order valence-electron chi connectivity index (χ3n) is 2.82. The molecule has 0 spiro atoms. The molecule has 0 fully saturated rings. The zero-order chi connectivity index (χ0) is 13.8. The Bertz CT molecular complexity index is 694. The maximum absolute atomic E-state index is 4.45. The molecule has 3 rings (SSSR count). The van der Waals surface area contributed by atoms with E-state index in [-0.39, 0.29) is 0 Å². The van der Waals surface area contributed by atoms with Crippen molar-refractivity contribution in [3.05, 3.63) is 59.8 Å². The van der Waals surface area contributed by atoms with E-state index in [1.807, 2.05) is 18.2 Å². The van der Waals surface area contributed by atoms with Crippen LogP contribution in [-0.4, -0.2) is 20.2 Å². The summed E-state index contributed by atoms with van der Waals surface area (Å²) in [6.45, 7) is 2.10. The number of rotatable bonds is 4. The Morgan fingerprint density at radius 3 is 2.90 bits per heavy atom. The summed E-state index contributed by atoms with van der Waals surface area (Å²) in [6, 6.07) is 14.2. The lowest BCUT2D eigenvalue weighted by Crippen LogP contribution is -1.84. The van der Waals surface area contributed by atoms with Crippen molar-refractivity contribution in [2.75, 3.05) is 0 Å². The third-order valence-corrected chi connectivity index (χ3v) is 3.74. The van der Waals surface area contributed by atoms with Gasteiger partial charge >= 0.3 is 0 Å². The molecule has 0 unspecified atom stereocenters. The molecule has 2 heterocycles. The van der Waals surface area contributed by atoms with Crippen molar-refractivity contribution in [1.29, 1.82) is 0 Å². The molecule has 0 radical (unpaired) electrons. The number of pyridine rings is 1. The summed E-state index contributed by atoms with van der Waals surface area (Å²) in [5, 5.41) is 7.88. The van der Waals surface area contributed by atoms with Crippen LogP contribution in [0.4, 0.5) is 0 Å². The van der Waals surface area contributed by atoms with Gasteiger partial charge in [-0.2, -0.15) is 4.98 Å². The highest BCUT2D eigenvalue weighted by molar-refractivity contribution is 7.98. The second-order valence-corrected chi connectivity index (χ2v) is 5.40. The monoisotopic (exact) mass is 282 g/mol. The van der Waals surface area contributed by atoms with E-state index in [9.17, 15) is 0 Å². The summed E-state index contributed by atoms with van der Waals surface area (Å²) in [7, 11) is 0. The summed E-state index contributed by atoms with van der Waals surface area (Å²) >= 11 is 1.62. The number of hydrogen-bond donors (Lipinski definition) is 1. The van der Waals surface area contributed by atoms with Gasteiger partial charge in [-0.3, -0.25) is 10.1 Å². The van der Waals surface area contributed by atoms with Crippen molar-refractivity contribution in [3.63, 3.8) is 0 Å². The van der Waals surface area contributed by atoms with Gasteiger partial charge in [0.25, 0.3) is 0 Å². The average Bonchev–Trinajstić information content (AvgIpc) is 2.95. The fraction of sp³-hybridized carbons (Fsp3) is 0.133. The van der Waals surface area contributed by atoms with Crippen LogP contribution in [0.5, 0.6) is 0 Å². The minimum absolute atomic E-state index is 0.706. The SMILES string of the molecule is Cc1cccc(CSc2n[nH]c(-c3ccccn3)n2)c1. The van der Waals surface area contributed by atoms with Crippen LogP contribution in [0.1, 0.15) is 11.1 Å². The van der Waals surface area contributed by atoms with Gasteiger partial charge in [0.2, 0.25) is 5.16 Å². The molecule has 100 valence electrons. The number of aromatic amines is 1. The second-order valence-electron chi connectivity index (χ2n) is 4.46. The number of thioether (sulfide) groups is 1. The van der Waals surface area contributed by atoms with Gasteiger partial charge in [0.05, 0.1) is 0 Å². The Balaban J connectivity index is 1.69. The average molecular weight is 282 g/mol. The molecule has 3 aromatic rings. The van der Waals surface area contributed by atoms with Crippen LogP contribution < -0.4 is 0 Å². The van der Waals surface area contributed by atoms with Gasteiger partial charge in [0.15, 0.2) is 5.82 Å². The molecular formula is C15H14N4S. The number of nitrogens with one attached hydrogen (secondary N) is 1. The molecule has 0 saturated carbocycles. The Kier molecular flexibility index (Phi) is 3.78. The van der Waals surface area contributed by atoms with Crippen LogP contribution in [0.25, 0.3) is 11.5 Å². The van der Waals surface area contributed by atoms with Crippen molar-refractivity contribution >= 4 is 11.8 Å². The fourth-order valence-corrected chi connectivity index (χ4v) is 2.62. The fourth-order valence-electron chi connectivity index (χ4n) is 1.88. The first-order chi connectivity index (χ1) is 9.81. The lowest BCUT2D eigenvalue weighted by molar-refractivity contribution is 0.973. The smallest absolute Gasteiger partial charge is 0.209 e. The predicted molar refractivity (Wildman–Crippen MR) is 80.4 cm³/mol. The molecule has 4 nitrogen and oxygen atoms in total. The van der Waals surface area contributed by atoms with Gasteiger partial charge in [-0.05, 0) is 24.6 Å². The van der Waals surface area contributed by atoms with Crippen molar-refractivity contribution < 1.29 is 0 Å². The third kappa shape index (κ3) is 3.05. The lowest BCUT2D eigenvalue weighted by Gasteiger charge is -1.99. The normalized spacial score (nSPS) is 10.7. The Hall–Kier alpha value is -2.14. The summed E-state index contributed by atoms with van der Waals surface area (Å²) in [6.07, 6.45) is 1.75. The number of aromatic nitrogens is 4. The van der Waals surface area contributed by atoms with Gasteiger partial charge < -0.3 is 0 Å². The van der Waals surface area contributed by atoms with Crippen LogP contribution >= 0.6 is 11.8 Å². The van der Waals surface area contributed by atoms with E-state index in [1.165, 1.54) is 11.1 Å². The van der Waals surface area contributed by atoms with E-state index in [0.29, 0.717) is 5.82 Å². The quantitative estimate of drug-likeness (QED) is 0.744. The molecule has 0 saturated heterocycles. The Labute approximate surface area is 121 Å². The molecule has 1 N–H and O–H groups in total. The summed E-state index contributed by atoms with van der Waals surface area (Å²) in [5.41, 5.74) is 3.36. The molecular weight excluding hydrogens is 268 g/mol. The van der Waals surface area contributed by atoms with E-state index in [2.05, 4.69) is 51.4 Å². The number of hydrogen-bond acceptors (Lipinski definition) is 4. The number of aryl methyl sites for hydroxylation is 1. The van der Waals surface area contributed by atoms with Crippen LogP contribution in [0.15, 0.2) is 53.8 Å². The minimum Gasteiger partial charge on any atom is -0.257 e. The largest absolute Gasteiger partial charge is 0.257 e. The predicted octanol–water partition coefficient (Wildman–Crippen LogP) is 3.47. The molecule has 5 heteroatoms. The standard InChI is InChI=1S/C15H14N4S/c1-11-5-4-6-12(9-11)10-20-15-17-14(18-19-15)13-7-2-3-8-16-13/h2-9H,10H2,1H3,(H,17,18,19). The maximum Gasteiger partial charge on any atom is 0.209 e. The van der Waals surface area contributed by atoms with Gasteiger partial charge in [-0.1, -0.05) is 47.7 Å². The number of nitrogens with zero attached hydrogens (tertiary/aromatic N) is 3. The Morgan fingerprint density at radius 2 is 2.10 bits per heavy atom. The summed E-state index contributed by atoms with van der Waals surface area (Å²) < 4.78 is 0. The first kappa shape index (κ1) is 12.9. The van der Waals surface area contributed by atoms with E-state index in [4.69, 9.17) is 0 Å². The Morgan fingerprint density at radius 1 is 1.15 bits per heavy atom.